The third-order valence-corrected chi connectivity index (χ3v) is 3.53. The zero-order valence-electron chi connectivity index (χ0n) is 9.56. The zero-order chi connectivity index (χ0) is 13.1. The van der Waals surface area contributed by atoms with Gasteiger partial charge in [0.2, 0.25) is 0 Å². The average molecular weight is 265 g/mol. The molecule has 6 nitrogen and oxygen atoms in total. The molecule has 18 heavy (non-hydrogen) atoms. The van der Waals surface area contributed by atoms with Crippen molar-refractivity contribution in [3.05, 3.63) is 34.7 Å². The van der Waals surface area contributed by atoms with Crippen LogP contribution in [0.15, 0.2) is 18.6 Å². The number of rotatable bonds is 4. The van der Waals surface area contributed by atoms with E-state index in [1.807, 2.05) is 6.92 Å². The van der Waals surface area contributed by atoms with E-state index >= 15 is 0 Å². The lowest BCUT2D eigenvalue weighted by Crippen LogP contribution is -2.13. The normalized spacial score (nSPS) is 10.3. The number of hydrogen-bond acceptors (Lipinski definition) is 4. The zero-order valence-corrected chi connectivity index (χ0v) is 10.4. The van der Waals surface area contributed by atoms with Gasteiger partial charge in [-0.1, -0.05) is 6.92 Å². The van der Waals surface area contributed by atoms with E-state index in [4.69, 9.17) is 5.11 Å². The van der Waals surface area contributed by atoms with Crippen LogP contribution in [0.2, 0.25) is 0 Å². The van der Waals surface area contributed by atoms with Crippen LogP contribution in [-0.2, 0) is 6.42 Å². The van der Waals surface area contributed by atoms with E-state index in [2.05, 4.69) is 15.3 Å². The second kappa shape index (κ2) is 5.01. The molecule has 2 aromatic rings. The standard InChI is InChI=1S/C11H11N3O3S/c1-2-6-3-7(11(16)17)10(18-6)14-9(15)8-4-12-5-13-8/h3-5H,2H2,1H3,(H,12,13)(H,14,15)(H,16,17). The van der Waals surface area contributed by atoms with Gasteiger partial charge in [0.15, 0.2) is 0 Å². The van der Waals surface area contributed by atoms with Crippen molar-refractivity contribution in [1.82, 2.24) is 9.97 Å². The monoisotopic (exact) mass is 265 g/mol. The van der Waals surface area contributed by atoms with E-state index in [1.54, 1.807) is 6.07 Å². The van der Waals surface area contributed by atoms with Gasteiger partial charge in [-0.3, -0.25) is 4.79 Å². The number of carbonyl (C=O) groups excluding carboxylic acids is 1. The predicted octanol–water partition coefficient (Wildman–Crippen LogP) is 1.98. The molecule has 0 aromatic carbocycles. The number of aromatic carboxylic acids is 1. The molecule has 1 amide bonds. The van der Waals surface area contributed by atoms with E-state index in [-0.39, 0.29) is 11.3 Å². The van der Waals surface area contributed by atoms with Crippen LogP contribution in [0.5, 0.6) is 0 Å². The van der Waals surface area contributed by atoms with Gasteiger partial charge < -0.3 is 15.4 Å². The summed E-state index contributed by atoms with van der Waals surface area (Å²) >= 11 is 1.27. The maximum Gasteiger partial charge on any atom is 0.338 e. The van der Waals surface area contributed by atoms with E-state index in [1.165, 1.54) is 23.9 Å². The second-order valence-corrected chi connectivity index (χ2v) is 4.67. The van der Waals surface area contributed by atoms with Crippen molar-refractivity contribution >= 4 is 28.2 Å². The molecule has 0 fully saturated rings. The Balaban J connectivity index is 2.25. The minimum Gasteiger partial charge on any atom is -0.478 e. The number of H-pyrrole nitrogens is 1. The molecule has 3 N–H and O–H groups in total. The van der Waals surface area contributed by atoms with E-state index < -0.39 is 11.9 Å². The van der Waals surface area contributed by atoms with Gasteiger partial charge in [-0.2, -0.15) is 0 Å². The van der Waals surface area contributed by atoms with Gasteiger partial charge in [0, 0.05) is 4.88 Å². The van der Waals surface area contributed by atoms with Crippen LogP contribution in [0.3, 0.4) is 0 Å². The predicted molar refractivity (Wildman–Crippen MR) is 67.2 cm³/mol. The number of aromatic amines is 1. The smallest absolute Gasteiger partial charge is 0.338 e. The van der Waals surface area contributed by atoms with Gasteiger partial charge in [-0.15, -0.1) is 11.3 Å². The summed E-state index contributed by atoms with van der Waals surface area (Å²) in [5, 5.41) is 12.0. The minimum atomic E-state index is -1.05. The topological polar surface area (TPSA) is 95.1 Å². The Hall–Kier alpha value is -2.15. The van der Waals surface area contributed by atoms with Crippen molar-refractivity contribution in [1.29, 1.82) is 0 Å². The number of aryl methyl sites for hydroxylation is 1. The Morgan fingerprint density at radius 2 is 2.33 bits per heavy atom. The van der Waals surface area contributed by atoms with Gasteiger partial charge in [0.05, 0.1) is 18.1 Å². The molecule has 0 aliphatic carbocycles. The molecule has 0 aliphatic rings. The molecule has 0 atom stereocenters. The summed E-state index contributed by atoms with van der Waals surface area (Å²) in [5.74, 6) is -1.45. The van der Waals surface area contributed by atoms with Gasteiger partial charge in [-0.05, 0) is 12.5 Å². The lowest BCUT2D eigenvalue weighted by Gasteiger charge is -2.01. The number of carboxylic acids is 1. The molecule has 0 unspecified atom stereocenters. The molecule has 0 spiro atoms. The van der Waals surface area contributed by atoms with Crippen molar-refractivity contribution in [2.45, 2.75) is 13.3 Å². The van der Waals surface area contributed by atoms with Crippen LogP contribution in [0.4, 0.5) is 5.00 Å². The molecule has 0 saturated carbocycles. The number of carboxylic acid groups (broad SMARTS) is 1. The first-order valence-corrected chi connectivity index (χ1v) is 6.09. The number of aromatic nitrogens is 2. The molecule has 7 heteroatoms. The summed E-state index contributed by atoms with van der Waals surface area (Å²) in [4.78, 5) is 30.1. The highest BCUT2D eigenvalue weighted by Gasteiger charge is 2.17. The molecule has 0 bridgehead atoms. The Morgan fingerprint density at radius 3 is 2.89 bits per heavy atom. The Labute approximate surface area is 107 Å². The summed E-state index contributed by atoms with van der Waals surface area (Å²) in [7, 11) is 0. The first kappa shape index (κ1) is 12.3. The number of nitrogens with one attached hydrogen (secondary N) is 2. The van der Waals surface area contributed by atoms with Crippen molar-refractivity contribution in [2.75, 3.05) is 5.32 Å². The molecule has 0 radical (unpaired) electrons. The number of imidazole rings is 1. The van der Waals surface area contributed by atoms with Crippen LogP contribution < -0.4 is 5.32 Å². The van der Waals surface area contributed by atoms with Crippen molar-refractivity contribution in [3.63, 3.8) is 0 Å². The molecule has 2 rings (SSSR count). The molecule has 0 saturated heterocycles. The largest absolute Gasteiger partial charge is 0.478 e. The Kier molecular flexibility index (Phi) is 3.42. The number of thiophene rings is 1. The van der Waals surface area contributed by atoms with E-state index in [0.717, 1.165) is 11.3 Å². The highest BCUT2D eigenvalue weighted by Crippen LogP contribution is 2.28. The maximum atomic E-state index is 11.8. The fraction of sp³-hybridized carbons (Fsp3) is 0.182. The Morgan fingerprint density at radius 1 is 1.56 bits per heavy atom. The fourth-order valence-corrected chi connectivity index (χ4v) is 2.40. The summed E-state index contributed by atoms with van der Waals surface area (Å²) in [6.45, 7) is 1.93. The molecular formula is C11H11N3O3S. The van der Waals surface area contributed by atoms with Crippen molar-refractivity contribution in [3.8, 4) is 0 Å². The third-order valence-electron chi connectivity index (χ3n) is 2.33. The highest BCUT2D eigenvalue weighted by molar-refractivity contribution is 7.16. The second-order valence-electron chi connectivity index (χ2n) is 3.53. The van der Waals surface area contributed by atoms with Crippen LogP contribution in [0.25, 0.3) is 0 Å². The van der Waals surface area contributed by atoms with Crippen LogP contribution in [0, 0.1) is 0 Å². The molecule has 2 heterocycles. The number of anilines is 1. The van der Waals surface area contributed by atoms with Gasteiger partial charge in [-0.25, -0.2) is 9.78 Å². The summed E-state index contributed by atoms with van der Waals surface area (Å²) in [6, 6.07) is 1.58. The first-order valence-electron chi connectivity index (χ1n) is 5.27. The van der Waals surface area contributed by atoms with Crippen molar-refractivity contribution < 1.29 is 14.7 Å². The average Bonchev–Trinajstić information content (AvgIpc) is 2.97. The highest BCUT2D eigenvalue weighted by atomic mass is 32.1. The van der Waals surface area contributed by atoms with Gasteiger partial charge >= 0.3 is 5.97 Å². The quantitative estimate of drug-likeness (QED) is 0.787. The van der Waals surface area contributed by atoms with E-state index in [9.17, 15) is 9.59 Å². The lowest BCUT2D eigenvalue weighted by atomic mass is 10.2. The maximum absolute atomic E-state index is 11.8. The minimum absolute atomic E-state index is 0.115. The summed E-state index contributed by atoms with van der Waals surface area (Å²) in [5.41, 5.74) is 0.405. The summed E-state index contributed by atoms with van der Waals surface area (Å²) < 4.78 is 0. The number of carbonyl (C=O) groups is 2. The number of amides is 1. The lowest BCUT2D eigenvalue weighted by molar-refractivity contribution is 0.0698. The summed E-state index contributed by atoms with van der Waals surface area (Å²) in [6.07, 6.45) is 3.49. The van der Waals surface area contributed by atoms with Gasteiger partial charge in [0.25, 0.3) is 5.91 Å². The van der Waals surface area contributed by atoms with Gasteiger partial charge in [0.1, 0.15) is 10.7 Å². The van der Waals surface area contributed by atoms with Crippen LogP contribution in [-0.4, -0.2) is 27.0 Å². The number of nitrogens with zero attached hydrogens (tertiary/aromatic N) is 1. The Bertz CT molecular complexity index is 574. The van der Waals surface area contributed by atoms with Crippen LogP contribution in [0.1, 0.15) is 32.6 Å². The molecule has 2 aromatic heterocycles. The SMILES string of the molecule is CCc1cc(C(=O)O)c(NC(=O)c2cnc[nH]2)s1. The molecular weight excluding hydrogens is 254 g/mol. The molecule has 0 aliphatic heterocycles. The van der Waals surface area contributed by atoms with Crippen LogP contribution >= 0.6 is 11.3 Å². The van der Waals surface area contributed by atoms with Crippen molar-refractivity contribution in [2.24, 2.45) is 0 Å². The molecule has 94 valence electrons. The number of hydrogen-bond donors (Lipinski definition) is 3. The third kappa shape index (κ3) is 2.40. The van der Waals surface area contributed by atoms with E-state index in [0.29, 0.717) is 5.00 Å². The fourth-order valence-electron chi connectivity index (χ4n) is 1.42. The first-order chi connectivity index (χ1) is 8.61.